The monoisotopic (exact) mass is 317 g/mol. The van der Waals surface area contributed by atoms with Gasteiger partial charge >= 0.3 is 0 Å². The Morgan fingerprint density at radius 3 is 2.00 bits per heavy atom. The standard InChI is InChI=1S/C16H19NO2.2C2H6/c1-4-12-7-6-11(3)13(8-12)10-17(5-2)14-9-15(18)16(14)19;2*1-2/h6-9H,4-5,10H2,1-3H3;2*1-2H3. The molecule has 0 atom stereocenters. The van der Waals surface area contributed by atoms with Crippen molar-refractivity contribution in [2.75, 3.05) is 11.4 Å². The summed E-state index contributed by atoms with van der Waals surface area (Å²) in [4.78, 5) is 24.5. The fraction of sp³-hybridized carbons (Fsp3) is 0.500. The van der Waals surface area contributed by atoms with Crippen LogP contribution in [0.3, 0.4) is 0 Å². The van der Waals surface area contributed by atoms with E-state index in [1.54, 1.807) is 0 Å². The first-order chi connectivity index (χ1) is 11.1. The number of aryl methyl sites for hydroxylation is 2. The zero-order valence-electron chi connectivity index (χ0n) is 15.7. The third-order valence-electron chi connectivity index (χ3n) is 3.63. The molecule has 0 aliphatic heterocycles. The zero-order valence-corrected chi connectivity index (χ0v) is 15.7. The number of benzene rings is 1. The molecule has 0 amide bonds. The molecule has 0 N–H and O–H groups in total. The van der Waals surface area contributed by atoms with Gasteiger partial charge in [0.1, 0.15) is 0 Å². The Morgan fingerprint density at radius 2 is 1.57 bits per heavy atom. The summed E-state index contributed by atoms with van der Waals surface area (Å²) < 4.78 is 0. The molecule has 3 heteroatoms. The van der Waals surface area contributed by atoms with Crippen LogP contribution in [0.25, 0.3) is 0 Å². The molecule has 3 nitrogen and oxygen atoms in total. The van der Waals surface area contributed by atoms with Crippen molar-refractivity contribution in [1.29, 1.82) is 0 Å². The molecule has 0 saturated carbocycles. The van der Waals surface area contributed by atoms with E-state index >= 15 is 0 Å². The Hall–Kier alpha value is -1.90. The third kappa shape index (κ3) is 5.34. The predicted molar refractivity (Wildman–Crippen MR) is 101 cm³/mol. The molecule has 0 bridgehead atoms. The maximum Gasteiger partial charge on any atom is 0.249 e. The molecular formula is C20H31NO2. The molecular weight excluding hydrogens is 286 g/mol. The van der Waals surface area contributed by atoms with E-state index in [9.17, 15) is 9.59 Å². The van der Waals surface area contributed by atoms with Gasteiger partial charge in [-0.25, -0.2) is 0 Å². The van der Waals surface area contributed by atoms with Crippen molar-refractivity contribution in [3.8, 4) is 0 Å². The van der Waals surface area contributed by atoms with Crippen LogP contribution in [0.5, 0.6) is 0 Å². The highest BCUT2D eigenvalue weighted by molar-refractivity contribution is 5.51. The number of hydrogen-bond donors (Lipinski definition) is 0. The second-order valence-corrected chi connectivity index (χ2v) is 4.85. The minimum Gasteiger partial charge on any atom is -0.364 e. The topological polar surface area (TPSA) is 37.4 Å². The molecule has 0 aromatic heterocycles. The minimum atomic E-state index is -0.382. The summed E-state index contributed by atoms with van der Waals surface area (Å²) in [6.45, 7) is 15.6. The van der Waals surface area contributed by atoms with Gasteiger partial charge in [-0.1, -0.05) is 52.8 Å². The van der Waals surface area contributed by atoms with Crippen LogP contribution in [0.4, 0.5) is 5.69 Å². The average molecular weight is 317 g/mol. The highest BCUT2D eigenvalue weighted by Gasteiger charge is 2.16. The van der Waals surface area contributed by atoms with Crippen LogP contribution in [0.2, 0.25) is 0 Å². The van der Waals surface area contributed by atoms with Gasteiger partial charge in [-0.15, -0.1) is 0 Å². The molecule has 0 heterocycles. The van der Waals surface area contributed by atoms with Crippen LogP contribution in [0.1, 0.15) is 58.2 Å². The quantitative estimate of drug-likeness (QED) is 0.774. The van der Waals surface area contributed by atoms with Gasteiger partial charge in [0.05, 0.1) is 5.69 Å². The van der Waals surface area contributed by atoms with E-state index in [1.165, 1.54) is 22.8 Å². The first kappa shape index (κ1) is 21.1. The SMILES string of the molecule is CC.CC.CCc1ccc(C)c(CN(CC)c2cc(=O)c2=O)c1. The van der Waals surface area contributed by atoms with E-state index in [2.05, 4.69) is 32.0 Å². The Balaban J connectivity index is 0.00000112. The van der Waals surface area contributed by atoms with Gasteiger partial charge in [0.2, 0.25) is 10.9 Å². The summed E-state index contributed by atoms with van der Waals surface area (Å²) in [7, 11) is 0. The zero-order chi connectivity index (χ0) is 18.0. The van der Waals surface area contributed by atoms with Crippen LogP contribution in [-0.4, -0.2) is 6.54 Å². The molecule has 128 valence electrons. The number of rotatable bonds is 5. The third-order valence-corrected chi connectivity index (χ3v) is 3.63. The van der Waals surface area contributed by atoms with Crippen LogP contribution in [0.15, 0.2) is 33.9 Å². The molecule has 23 heavy (non-hydrogen) atoms. The lowest BCUT2D eigenvalue weighted by Crippen LogP contribution is -2.39. The van der Waals surface area contributed by atoms with Crippen molar-refractivity contribution in [1.82, 2.24) is 0 Å². The summed E-state index contributed by atoms with van der Waals surface area (Å²) in [6, 6.07) is 7.87. The molecule has 0 radical (unpaired) electrons. The molecule has 0 aliphatic rings. The lowest BCUT2D eigenvalue weighted by atomic mass is 10.0. The smallest absolute Gasteiger partial charge is 0.249 e. The lowest BCUT2D eigenvalue weighted by Gasteiger charge is -2.24. The first-order valence-corrected chi connectivity index (χ1v) is 8.70. The molecule has 0 aliphatic carbocycles. The number of nitrogens with zero attached hydrogens (tertiary/aromatic N) is 1. The van der Waals surface area contributed by atoms with Gasteiger partial charge in [0, 0.05) is 19.2 Å². The summed E-state index contributed by atoms with van der Waals surface area (Å²) in [5, 5.41) is 0. The van der Waals surface area contributed by atoms with Gasteiger partial charge in [-0.05, 0) is 37.0 Å². The second kappa shape index (κ2) is 10.8. The first-order valence-electron chi connectivity index (χ1n) is 8.70. The van der Waals surface area contributed by atoms with Gasteiger partial charge in [-0.2, -0.15) is 0 Å². The Morgan fingerprint density at radius 1 is 0.957 bits per heavy atom. The van der Waals surface area contributed by atoms with Crippen LogP contribution in [0, 0.1) is 6.92 Å². The summed E-state index contributed by atoms with van der Waals surface area (Å²) in [5.74, 6) is 0. The van der Waals surface area contributed by atoms with E-state index in [0.717, 1.165) is 13.0 Å². The number of hydrogen-bond acceptors (Lipinski definition) is 3. The van der Waals surface area contributed by atoms with Gasteiger partial charge in [-0.3, -0.25) is 9.59 Å². The summed E-state index contributed by atoms with van der Waals surface area (Å²) >= 11 is 0. The predicted octanol–water partition coefficient (Wildman–Crippen LogP) is 4.23. The van der Waals surface area contributed by atoms with E-state index in [0.29, 0.717) is 12.2 Å². The highest BCUT2D eigenvalue weighted by atomic mass is 16.2. The molecule has 0 spiro atoms. The largest absolute Gasteiger partial charge is 0.364 e. The second-order valence-electron chi connectivity index (χ2n) is 4.85. The fourth-order valence-corrected chi connectivity index (χ4v) is 2.23. The lowest BCUT2D eigenvalue weighted by molar-refractivity contribution is 0.815. The van der Waals surface area contributed by atoms with E-state index in [-0.39, 0.29) is 10.9 Å². The maximum absolute atomic E-state index is 11.5. The summed E-state index contributed by atoms with van der Waals surface area (Å²) in [6.07, 6.45) is 1.000. The normalized spacial score (nSPS) is 9.52. The van der Waals surface area contributed by atoms with Crippen molar-refractivity contribution in [2.24, 2.45) is 0 Å². The van der Waals surface area contributed by atoms with Crippen molar-refractivity contribution in [2.45, 2.75) is 61.4 Å². The van der Waals surface area contributed by atoms with Crippen molar-refractivity contribution in [3.05, 3.63) is 61.4 Å². The molecule has 2 aromatic rings. The van der Waals surface area contributed by atoms with E-state index in [1.807, 2.05) is 39.5 Å². The Kier molecular flexibility index (Phi) is 9.87. The van der Waals surface area contributed by atoms with Crippen LogP contribution < -0.4 is 15.8 Å². The fourth-order valence-electron chi connectivity index (χ4n) is 2.23. The average Bonchev–Trinajstić information content (AvgIpc) is 2.62. The van der Waals surface area contributed by atoms with Crippen molar-refractivity contribution in [3.63, 3.8) is 0 Å². The van der Waals surface area contributed by atoms with Gasteiger partial charge < -0.3 is 4.90 Å². The van der Waals surface area contributed by atoms with Gasteiger partial charge in [0.15, 0.2) is 0 Å². The highest BCUT2D eigenvalue weighted by Crippen LogP contribution is 2.17. The molecule has 2 rings (SSSR count). The van der Waals surface area contributed by atoms with Crippen molar-refractivity contribution < 1.29 is 0 Å². The molecule has 0 unspecified atom stereocenters. The molecule has 2 aromatic carbocycles. The van der Waals surface area contributed by atoms with Crippen molar-refractivity contribution >= 4 is 5.69 Å². The number of anilines is 1. The van der Waals surface area contributed by atoms with E-state index in [4.69, 9.17) is 0 Å². The van der Waals surface area contributed by atoms with Gasteiger partial charge in [0.25, 0.3) is 0 Å². The van der Waals surface area contributed by atoms with Crippen LogP contribution >= 0.6 is 0 Å². The summed E-state index contributed by atoms with van der Waals surface area (Å²) in [5.41, 5.74) is 3.54. The molecule has 0 saturated heterocycles. The Bertz CT molecular complexity index is 652. The minimum absolute atomic E-state index is 0.355. The van der Waals surface area contributed by atoms with Crippen LogP contribution in [-0.2, 0) is 13.0 Å². The maximum atomic E-state index is 11.5. The molecule has 0 fully saturated rings. The Labute approximate surface area is 140 Å². The van der Waals surface area contributed by atoms with E-state index < -0.39 is 0 Å².